The van der Waals surface area contributed by atoms with Crippen LogP contribution < -0.4 is 4.90 Å². The van der Waals surface area contributed by atoms with E-state index < -0.39 is 0 Å². The number of aromatic amines is 1. The Morgan fingerprint density at radius 3 is 2.47 bits per heavy atom. The van der Waals surface area contributed by atoms with Gasteiger partial charge < -0.3 is 4.90 Å². The van der Waals surface area contributed by atoms with Crippen molar-refractivity contribution in [2.75, 3.05) is 18.0 Å². The van der Waals surface area contributed by atoms with Crippen molar-refractivity contribution in [1.82, 2.24) is 10.2 Å². The Labute approximate surface area is 101 Å². The largest absolute Gasteiger partial charge is 0.357 e. The first kappa shape index (κ1) is 10.4. The lowest BCUT2D eigenvalue weighted by molar-refractivity contribution is 0.502. The lowest BCUT2D eigenvalue weighted by Gasteiger charge is -2.32. The maximum Gasteiger partial charge on any atom is 0.123 e. The summed E-state index contributed by atoms with van der Waals surface area (Å²) in [5.74, 6) is 1.87. The normalized spacial score (nSPS) is 17.3. The molecule has 0 bridgehead atoms. The maximum absolute atomic E-state index is 4.01. The molecule has 0 aliphatic carbocycles. The summed E-state index contributed by atoms with van der Waals surface area (Å²) in [4.78, 5) is 2.38. The Kier molecular flexibility index (Phi) is 2.82. The second kappa shape index (κ2) is 4.62. The summed E-state index contributed by atoms with van der Waals surface area (Å²) < 4.78 is 0. The van der Waals surface area contributed by atoms with Gasteiger partial charge in [-0.3, -0.25) is 5.10 Å². The molecule has 1 aromatic heterocycles. The van der Waals surface area contributed by atoms with Gasteiger partial charge in [-0.05, 0) is 24.3 Å². The minimum Gasteiger partial charge on any atom is -0.357 e. The molecular weight excluding hydrogens is 210 g/mol. The van der Waals surface area contributed by atoms with Crippen LogP contribution in [0.25, 0.3) is 0 Å². The van der Waals surface area contributed by atoms with E-state index in [0.717, 1.165) is 24.8 Å². The number of H-pyrrole nitrogens is 1. The number of hydrogen-bond donors (Lipinski definition) is 1. The molecular formula is C14H17N3. The highest BCUT2D eigenvalue weighted by Crippen LogP contribution is 2.29. The van der Waals surface area contributed by atoms with Gasteiger partial charge in [0.15, 0.2) is 0 Å². The molecule has 1 saturated heterocycles. The van der Waals surface area contributed by atoms with Crippen LogP contribution in [0.3, 0.4) is 0 Å². The molecule has 0 amide bonds. The zero-order chi connectivity index (χ0) is 11.5. The molecule has 3 rings (SSSR count). The zero-order valence-corrected chi connectivity index (χ0v) is 9.84. The average Bonchev–Trinajstić information content (AvgIpc) is 2.94. The fraction of sp³-hybridized carbons (Fsp3) is 0.357. The molecule has 0 saturated carbocycles. The molecule has 17 heavy (non-hydrogen) atoms. The lowest BCUT2D eigenvalue weighted by Crippen LogP contribution is -2.33. The van der Waals surface area contributed by atoms with Gasteiger partial charge in [0.2, 0.25) is 0 Å². The standard InChI is InChI=1S/C14H17N3/c1-2-4-12(5-3-1)13-7-10-17(11-8-13)14-6-9-15-16-14/h1-6,9,13H,7-8,10-11H2,(H,15,16). The third-order valence-corrected chi connectivity index (χ3v) is 3.59. The number of nitrogens with one attached hydrogen (secondary N) is 1. The molecule has 0 atom stereocenters. The zero-order valence-electron chi connectivity index (χ0n) is 9.84. The monoisotopic (exact) mass is 227 g/mol. The summed E-state index contributed by atoms with van der Waals surface area (Å²) in [5.41, 5.74) is 1.48. The van der Waals surface area contributed by atoms with Crippen molar-refractivity contribution in [2.45, 2.75) is 18.8 Å². The topological polar surface area (TPSA) is 31.9 Å². The Morgan fingerprint density at radius 1 is 1.06 bits per heavy atom. The second-order valence-corrected chi connectivity index (χ2v) is 4.61. The molecule has 0 unspecified atom stereocenters. The van der Waals surface area contributed by atoms with E-state index in [1.807, 2.05) is 12.3 Å². The van der Waals surface area contributed by atoms with Crippen LogP contribution in [0, 0.1) is 0 Å². The predicted molar refractivity (Wildman–Crippen MR) is 69.2 cm³/mol. The first-order chi connectivity index (χ1) is 8.43. The molecule has 2 aromatic rings. The minimum atomic E-state index is 0.718. The van der Waals surface area contributed by atoms with Crippen LogP contribution >= 0.6 is 0 Å². The van der Waals surface area contributed by atoms with Crippen LogP contribution in [0.4, 0.5) is 5.82 Å². The Bertz CT molecular complexity index is 442. The van der Waals surface area contributed by atoms with E-state index in [-0.39, 0.29) is 0 Å². The van der Waals surface area contributed by atoms with Gasteiger partial charge in [-0.1, -0.05) is 30.3 Å². The quantitative estimate of drug-likeness (QED) is 0.855. The Morgan fingerprint density at radius 2 is 1.82 bits per heavy atom. The van der Waals surface area contributed by atoms with E-state index in [2.05, 4.69) is 45.4 Å². The van der Waals surface area contributed by atoms with Crippen molar-refractivity contribution >= 4 is 5.82 Å². The van der Waals surface area contributed by atoms with E-state index in [0.29, 0.717) is 0 Å². The first-order valence-corrected chi connectivity index (χ1v) is 6.23. The fourth-order valence-electron chi connectivity index (χ4n) is 2.60. The number of benzene rings is 1. The summed E-state index contributed by atoms with van der Waals surface area (Å²) in [6.07, 6.45) is 4.27. The average molecular weight is 227 g/mol. The van der Waals surface area contributed by atoms with E-state index in [4.69, 9.17) is 0 Å². The second-order valence-electron chi connectivity index (χ2n) is 4.61. The van der Waals surface area contributed by atoms with Crippen molar-refractivity contribution in [2.24, 2.45) is 0 Å². The van der Waals surface area contributed by atoms with Crippen LogP contribution in [-0.4, -0.2) is 23.3 Å². The molecule has 2 heterocycles. The highest BCUT2D eigenvalue weighted by atomic mass is 15.3. The van der Waals surface area contributed by atoms with E-state index in [1.165, 1.54) is 18.4 Å². The van der Waals surface area contributed by atoms with Crippen LogP contribution in [0.1, 0.15) is 24.3 Å². The molecule has 1 N–H and O–H groups in total. The Hall–Kier alpha value is -1.77. The minimum absolute atomic E-state index is 0.718. The molecule has 1 aromatic carbocycles. The summed E-state index contributed by atoms with van der Waals surface area (Å²) in [6, 6.07) is 12.9. The molecule has 1 fully saturated rings. The number of rotatable bonds is 2. The van der Waals surface area contributed by atoms with Crippen molar-refractivity contribution in [3.8, 4) is 0 Å². The third-order valence-electron chi connectivity index (χ3n) is 3.59. The highest BCUT2D eigenvalue weighted by molar-refractivity contribution is 5.37. The molecule has 0 spiro atoms. The smallest absolute Gasteiger partial charge is 0.123 e. The van der Waals surface area contributed by atoms with Gasteiger partial charge in [0, 0.05) is 19.2 Å². The number of piperidine rings is 1. The van der Waals surface area contributed by atoms with Gasteiger partial charge in [-0.2, -0.15) is 5.10 Å². The molecule has 3 heteroatoms. The number of hydrogen-bond acceptors (Lipinski definition) is 2. The number of anilines is 1. The van der Waals surface area contributed by atoms with Crippen molar-refractivity contribution in [1.29, 1.82) is 0 Å². The summed E-state index contributed by atoms with van der Waals surface area (Å²) in [5, 5.41) is 7.05. The SMILES string of the molecule is c1ccc(C2CCN(c3ccn[nH]3)CC2)cc1. The fourth-order valence-corrected chi connectivity index (χ4v) is 2.60. The highest BCUT2D eigenvalue weighted by Gasteiger charge is 2.20. The molecule has 88 valence electrons. The van der Waals surface area contributed by atoms with Gasteiger partial charge in [0.25, 0.3) is 0 Å². The van der Waals surface area contributed by atoms with Crippen LogP contribution in [0.15, 0.2) is 42.6 Å². The van der Waals surface area contributed by atoms with Gasteiger partial charge in [-0.25, -0.2) is 0 Å². The molecule has 0 radical (unpaired) electrons. The Balaban J connectivity index is 1.65. The van der Waals surface area contributed by atoms with Gasteiger partial charge in [0.1, 0.15) is 5.82 Å². The van der Waals surface area contributed by atoms with Crippen molar-refractivity contribution < 1.29 is 0 Å². The van der Waals surface area contributed by atoms with Crippen LogP contribution in [0.2, 0.25) is 0 Å². The summed E-state index contributed by atoms with van der Waals surface area (Å²) in [6.45, 7) is 2.23. The third kappa shape index (κ3) is 2.18. The first-order valence-electron chi connectivity index (χ1n) is 6.23. The van der Waals surface area contributed by atoms with Crippen LogP contribution in [-0.2, 0) is 0 Å². The van der Waals surface area contributed by atoms with E-state index in [1.54, 1.807) is 0 Å². The van der Waals surface area contributed by atoms with Gasteiger partial charge in [-0.15, -0.1) is 0 Å². The van der Waals surface area contributed by atoms with E-state index >= 15 is 0 Å². The molecule has 3 nitrogen and oxygen atoms in total. The number of aromatic nitrogens is 2. The maximum atomic E-state index is 4.01. The van der Waals surface area contributed by atoms with Crippen molar-refractivity contribution in [3.63, 3.8) is 0 Å². The molecule has 1 aliphatic heterocycles. The lowest BCUT2D eigenvalue weighted by atomic mass is 9.89. The van der Waals surface area contributed by atoms with Gasteiger partial charge in [0.05, 0.1) is 6.20 Å². The summed E-state index contributed by atoms with van der Waals surface area (Å²) in [7, 11) is 0. The van der Waals surface area contributed by atoms with Crippen molar-refractivity contribution in [3.05, 3.63) is 48.2 Å². The predicted octanol–water partition coefficient (Wildman–Crippen LogP) is 2.79. The summed E-state index contributed by atoms with van der Waals surface area (Å²) >= 11 is 0. The van der Waals surface area contributed by atoms with Gasteiger partial charge >= 0.3 is 0 Å². The van der Waals surface area contributed by atoms with E-state index in [9.17, 15) is 0 Å². The van der Waals surface area contributed by atoms with Crippen LogP contribution in [0.5, 0.6) is 0 Å². The number of nitrogens with zero attached hydrogens (tertiary/aromatic N) is 2. The molecule has 1 aliphatic rings.